The van der Waals surface area contributed by atoms with Crippen molar-refractivity contribution in [3.63, 3.8) is 0 Å². The monoisotopic (exact) mass is 378 g/mol. The number of piperidine rings is 1. The van der Waals surface area contributed by atoms with Gasteiger partial charge in [-0.15, -0.1) is 0 Å². The second-order valence-corrected chi connectivity index (χ2v) is 8.07. The minimum absolute atomic E-state index is 0.0463. The molecule has 0 aliphatic carbocycles. The summed E-state index contributed by atoms with van der Waals surface area (Å²) in [6, 6.07) is 7.70. The maximum atomic E-state index is 13.2. The number of imidazole rings is 2. The van der Waals surface area contributed by atoms with E-state index in [9.17, 15) is 4.79 Å². The molecule has 4 heterocycles. The summed E-state index contributed by atoms with van der Waals surface area (Å²) in [6.07, 6.45) is 6.45. The third kappa shape index (κ3) is 2.49. The number of rotatable bonds is 2. The molecule has 28 heavy (non-hydrogen) atoms. The number of likely N-dealkylation sites (N-methyl/N-ethyl adjacent to an activating group) is 1. The Morgan fingerprint density at radius 3 is 2.79 bits per heavy atom. The van der Waals surface area contributed by atoms with E-state index >= 15 is 0 Å². The van der Waals surface area contributed by atoms with Gasteiger partial charge in [-0.05, 0) is 38.9 Å². The molecule has 0 saturated carbocycles. The zero-order valence-corrected chi connectivity index (χ0v) is 16.4. The number of fused-ring (bicyclic) bond motifs is 3. The average molecular weight is 378 g/mol. The Bertz CT molecular complexity index is 1010. The van der Waals surface area contributed by atoms with Crippen LogP contribution in [0.2, 0.25) is 0 Å². The lowest BCUT2D eigenvalue weighted by atomic mass is 9.79. The fraction of sp³-hybridized carbons (Fsp3) is 0.476. The first-order valence-corrected chi connectivity index (χ1v) is 10.0. The van der Waals surface area contributed by atoms with E-state index in [4.69, 9.17) is 0 Å². The molecule has 1 fully saturated rings. The van der Waals surface area contributed by atoms with E-state index in [2.05, 4.69) is 26.9 Å². The van der Waals surface area contributed by atoms with Crippen LogP contribution in [0.3, 0.4) is 0 Å². The smallest absolute Gasteiger partial charge is 0.245 e. The van der Waals surface area contributed by atoms with Gasteiger partial charge in [0, 0.05) is 31.7 Å². The summed E-state index contributed by atoms with van der Waals surface area (Å²) in [5.74, 6) is 0.165. The molecule has 0 radical (unpaired) electrons. The van der Waals surface area contributed by atoms with E-state index in [1.807, 2.05) is 47.0 Å². The molecule has 3 aromatic rings. The number of likely N-dealkylation sites (tertiary alicyclic amines) is 1. The number of nitrogens with zero attached hydrogens (tertiary/aromatic N) is 5. The number of nitrogens with one attached hydrogen (secondary N) is 1. The third-order valence-corrected chi connectivity index (χ3v) is 6.75. The molecule has 7 heteroatoms. The maximum absolute atomic E-state index is 13.2. The number of carbonyl (C=O) groups is 1. The highest BCUT2D eigenvalue weighted by Crippen LogP contribution is 2.41. The van der Waals surface area contributed by atoms with E-state index in [0.29, 0.717) is 0 Å². The molecule has 1 unspecified atom stereocenters. The van der Waals surface area contributed by atoms with E-state index in [1.165, 1.54) is 11.4 Å². The van der Waals surface area contributed by atoms with Crippen LogP contribution in [0.1, 0.15) is 37.2 Å². The molecular formula is C21H26N6O. The Morgan fingerprint density at radius 1 is 1.18 bits per heavy atom. The standard InChI is InChI=1S/C21H26N6O/c1-15(27-14-24-16-5-3-4-6-18(16)27)20(28)26-11-8-21(9-12-26)19-17(22-13-23-19)7-10-25(21)2/h3-6,13-15H,7-12H2,1-2H3,(H,22,23). The Morgan fingerprint density at radius 2 is 1.96 bits per heavy atom. The van der Waals surface area contributed by atoms with Gasteiger partial charge in [0.05, 0.1) is 34.9 Å². The highest BCUT2D eigenvalue weighted by Gasteiger charge is 2.46. The first-order chi connectivity index (χ1) is 13.6. The highest BCUT2D eigenvalue weighted by molar-refractivity contribution is 5.83. The van der Waals surface area contributed by atoms with Crippen LogP contribution in [-0.2, 0) is 16.8 Å². The number of aromatic nitrogens is 4. The van der Waals surface area contributed by atoms with Crippen LogP contribution in [0.25, 0.3) is 11.0 Å². The number of carbonyl (C=O) groups excluding carboxylic acids is 1. The van der Waals surface area contributed by atoms with Crippen molar-refractivity contribution in [3.05, 3.63) is 48.3 Å². The predicted molar refractivity (Wildman–Crippen MR) is 107 cm³/mol. The Labute approximate surface area is 164 Å². The van der Waals surface area contributed by atoms with Gasteiger partial charge in [0.15, 0.2) is 0 Å². The number of para-hydroxylation sites is 2. The quantitative estimate of drug-likeness (QED) is 0.743. The highest BCUT2D eigenvalue weighted by atomic mass is 16.2. The summed E-state index contributed by atoms with van der Waals surface area (Å²) in [6.45, 7) is 4.51. The summed E-state index contributed by atoms with van der Waals surface area (Å²) in [4.78, 5) is 30.1. The van der Waals surface area contributed by atoms with Gasteiger partial charge in [0.25, 0.3) is 0 Å². The number of benzene rings is 1. The van der Waals surface area contributed by atoms with Crippen molar-refractivity contribution in [2.45, 2.75) is 37.8 Å². The molecule has 1 N–H and O–H groups in total. The number of hydrogen-bond donors (Lipinski definition) is 1. The topological polar surface area (TPSA) is 70.1 Å². The van der Waals surface area contributed by atoms with Crippen LogP contribution in [0.4, 0.5) is 0 Å². The van der Waals surface area contributed by atoms with E-state index in [-0.39, 0.29) is 17.5 Å². The van der Waals surface area contributed by atoms with Crippen LogP contribution in [0.15, 0.2) is 36.9 Å². The zero-order valence-electron chi connectivity index (χ0n) is 16.4. The second-order valence-electron chi connectivity index (χ2n) is 8.07. The van der Waals surface area contributed by atoms with Gasteiger partial charge in [0.1, 0.15) is 6.04 Å². The SMILES string of the molecule is CC(C(=O)N1CCC2(CC1)c1nc[nH]c1CCN2C)n1cnc2ccccc21. The first-order valence-electron chi connectivity index (χ1n) is 10.0. The van der Waals surface area contributed by atoms with Gasteiger partial charge < -0.3 is 14.5 Å². The summed E-state index contributed by atoms with van der Waals surface area (Å²) in [5, 5.41) is 0. The molecule has 1 saturated heterocycles. The van der Waals surface area contributed by atoms with Crippen molar-refractivity contribution < 1.29 is 4.79 Å². The molecule has 1 spiro atoms. The predicted octanol–water partition coefficient (Wildman–Crippen LogP) is 2.33. The van der Waals surface area contributed by atoms with Gasteiger partial charge in [-0.1, -0.05) is 12.1 Å². The normalized spacial score (nSPS) is 20.4. The molecule has 146 valence electrons. The van der Waals surface area contributed by atoms with Gasteiger partial charge in [-0.2, -0.15) is 0 Å². The van der Waals surface area contributed by atoms with Crippen molar-refractivity contribution in [2.24, 2.45) is 0 Å². The molecule has 5 rings (SSSR count). The maximum Gasteiger partial charge on any atom is 0.245 e. The lowest BCUT2D eigenvalue weighted by Crippen LogP contribution is -2.56. The van der Waals surface area contributed by atoms with Gasteiger partial charge in [0.2, 0.25) is 5.91 Å². The van der Waals surface area contributed by atoms with E-state index in [0.717, 1.165) is 49.9 Å². The molecule has 7 nitrogen and oxygen atoms in total. The minimum atomic E-state index is -0.258. The van der Waals surface area contributed by atoms with E-state index in [1.54, 1.807) is 6.33 Å². The fourth-order valence-electron chi connectivity index (χ4n) is 4.97. The van der Waals surface area contributed by atoms with Crippen LogP contribution < -0.4 is 0 Å². The lowest BCUT2D eigenvalue weighted by molar-refractivity contribution is -0.137. The molecule has 1 atom stereocenters. The van der Waals surface area contributed by atoms with Crippen LogP contribution >= 0.6 is 0 Å². The number of amides is 1. The summed E-state index contributed by atoms with van der Waals surface area (Å²) < 4.78 is 1.99. The van der Waals surface area contributed by atoms with Crippen LogP contribution in [0.5, 0.6) is 0 Å². The molecule has 1 amide bonds. The molecule has 2 aliphatic heterocycles. The first kappa shape index (κ1) is 17.4. The number of aromatic amines is 1. The van der Waals surface area contributed by atoms with Gasteiger partial charge in [-0.25, -0.2) is 9.97 Å². The molecule has 2 aromatic heterocycles. The van der Waals surface area contributed by atoms with Gasteiger partial charge >= 0.3 is 0 Å². The molecule has 2 aliphatic rings. The van der Waals surface area contributed by atoms with Crippen molar-refractivity contribution in [3.8, 4) is 0 Å². The Kier molecular flexibility index (Phi) is 4.01. The van der Waals surface area contributed by atoms with E-state index < -0.39 is 0 Å². The summed E-state index contributed by atoms with van der Waals surface area (Å²) in [5.41, 5.74) is 4.33. The fourth-order valence-corrected chi connectivity index (χ4v) is 4.97. The lowest BCUT2D eigenvalue weighted by Gasteiger charge is -2.49. The molecule has 0 bridgehead atoms. The Balaban J connectivity index is 1.35. The van der Waals surface area contributed by atoms with Gasteiger partial charge in [-0.3, -0.25) is 9.69 Å². The molecular weight excluding hydrogens is 352 g/mol. The molecule has 1 aromatic carbocycles. The Hall–Kier alpha value is -2.67. The van der Waals surface area contributed by atoms with Crippen molar-refractivity contribution in [2.75, 3.05) is 26.7 Å². The van der Waals surface area contributed by atoms with Crippen LogP contribution in [0, 0.1) is 0 Å². The van der Waals surface area contributed by atoms with Crippen molar-refractivity contribution >= 4 is 16.9 Å². The number of H-pyrrole nitrogens is 1. The van der Waals surface area contributed by atoms with Crippen molar-refractivity contribution in [1.82, 2.24) is 29.3 Å². The average Bonchev–Trinajstić information content (AvgIpc) is 3.38. The van der Waals surface area contributed by atoms with Crippen molar-refractivity contribution in [1.29, 1.82) is 0 Å². The third-order valence-electron chi connectivity index (χ3n) is 6.75. The summed E-state index contributed by atoms with van der Waals surface area (Å²) in [7, 11) is 2.19. The zero-order chi connectivity index (χ0) is 19.3. The second kappa shape index (κ2) is 6.44. The summed E-state index contributed by atoms with van der Waals surface area (Å²) >= 11 is 0. The van der Waals surface area contributed by atoms with Crippen LogP contribution in [-0.4, -0.2) is 61.9 Å². The minimum Gasteiger partial charge on any atom is -0.348 e. The largest absolute Gasteiger partial charge is 0.348 e. The number of hydrogen-bond acceptors (Lipinski definition) is 4.